The average Bonchev–Trinajstić information content (AvgIpc) is 3.40. The number of ether oxygens (including phenoxy) is 2. The van der Waals surface area contributed by atoms with Crippen LogP contribution in [-0.2, 0) is 0 Å². The summed E-state index contributed by atoms with van der Waals surface area (Å²) in [6, 6.07) is 14.3. The highest BCUT2D eigenvalue weighted by molar-refractivity contribution is 9.10. The molecule has 8 heteroatoms. The molecule has 1 aliphatic rings. The second-order valence-corrected chi connectivity index (χ2v) is 7.39. The Kier molecular flexibility index (Phi) is 5.59. The van der Waals surface area contributed by atoms with Gasteiger partial charge in [0.1, 0.15) is 5.82 Å². The number of hydrogen-bond donors (Lipinski definition) is 0. The zero-order chi connectivity index (χ0) is 21.3. The molecule has 2 heterocycles. The Balaban J connectivity index is 1.76. The predicted molar refractivity (Wildman–Crippen MR) is 112 cm³/mol. The van der Waals surface area contributed by atoms with Crippen LogP contribution in [0.2, 0.25) is 0 Å². The molecule has 4 rings (SSSR count). The second kappa shape index (κ2) is 8.31. The number of hydrogen-bond acceptors (Lipinski definition) is 5. The maximum atomic E-state index is 14.6. The van der Waals surface area contributed by atoms with Gasteiger partial charge in [-0.05, 0) is 52.3 Å². The third-order valence-electron chi connectivity index (χ3n) is 4.88. The van der Waals surface area contributed by atoms with Gasteiger partial charge in [-0.25, -0.2) is 9.40 Å². The van der Waals surface area contributed by atoms with E-state index in [0.29, 0.717) is 33.9 Å². The van der Waals surface area contributed by atoms with Gasteiger partial charge in [-0.2, -0.15) is 5.10 Å². The Bertz CT molecular complexity index is 1130. The lowest BCUT2D eigenvalue weighted by molar-refractivity contribution is 0.0674. The van der Waals surface area contributed by atoms with Gasteiger partial charge in [0.2, 0.25) is 0 Å². The number of hydrazone groups is 1. The van der Waals surface area contributed by atoms with Crippen molar-refractivity contribution < 1.29 is 23.1 Å². The molecule has 1 amide bonds. The highest BCUT2D eigenvalue weighted by atomic mass is 79.9. The van der Waals surface area contributed by atoms with Crippen molar-refractivity contribution in [2.45, 2.75) is 12.5 Å². The lowest BCUT2D eigenvalue weighted by Crippen LogP contribution is -2.27. The van der Waals surface area contributed by atoms with Crippen LogP contribution in [0.15, 0.2) is 68.8 Å². The van der Waals surface area contributed by atoms with Crippen LogP contribution < -0.4 is 9.47 Å². The molecule has 2 aromatic carbocycles. The van der Waals surface area contributed by atoms with Crippen LogP contribution in [0.3, 0.4) is 0 Å². The van der Waals surface area contributed by atoms with Crippen LogP contribution in [0.25, 0.3) is 0 Å². The molecule has 0 spiro atoms. The summed E-state index contributed by atoms with van der Waals surface area (Å²) in [6.07, 6.45) is 0.337. The first-order valence-electron chi connectivity index (χ1n) is 9.15. The van der Waals surface area contributed by atoms with Gasteiger partial charge < -0.3 is 13.9 Å². The summed E-state index contributed by atoms with van der Waals surface area (Å²) in [5.74, 6) is 0.383. The van der Waals surface area contributed by atoms with E-state index in [2.05, 4.69) is 21.0 Å². The number of carbonyl (C=O) groups excluding carboxylic acids is 1. The zero-order valence-electron chi connectivity index (χ0n) is 16.3. The van der Waals surface area contributed by atoms with E-state index in [9.17, 15) is 9.18 Å². The minimum Gasteiger partial charge on any atom is -0.493 e. The van der Waals surface area contributed by atoms with Gasteiger partial charge in [0, 0.05) is 17.5 Å². The summed E-state index contributed by atoms with van der Waals surface area (Å²) in [7, 11) is 3.10. The molecule has 0 saturated carbocycles. The molecule has 154 valence electrons. The van der Waals surface area contributed by atoms with Crippen molar-refractivity contribution in [3.05, 3.63) is 82.0 Å². The van der Waals surface area contributed by atoms with Crippen LogP contribution in [0.4, 0.5) is 4.39 Å². The molecule has 0 radical (unpaired) electrons. The Labute approximate surface area is 181 Å². The van der Waals surface area contributed by atoms with E-state index < -0.39 is 17.8 Å². The molecular formula is C22H18BrFN2O4. The lowest BCUT2D eigenvalue weighted by atomic mass is 9.97. The fourth-order valence-corrected chi connectivity index (χ4v) is 3.72. The Morgan fingerprint density at radius 3 is 2.57 bits per heavy atom. The van der Waals surface area contributed by atoms with Crippen LogP contribution in [-0.4, -0.2) is 30.8 Å². The van der Waals surface area contributed by atoms with E-state index in [-0.39, 0.29) is 5.76 Å². The number of furan rings is 1. The number of nitrogens with zero attached hydrogens (tertiary/aromatic N) is 2. The van der Waals surface area contributed by atoms with Gasteiger partial charge in [-0.3, -0.25) is 4.79 Å². The van der Waals surface area contributed by atoms with Crippen molar-refractivity contribution in [1.82, 2.24) is 5.01 Å². The number of rotatable bonds is 5. The molecule has 1 atom stereocenters. The van der Waals surface area contributed by atoms with Crippen LogP contribution in [0.5, 0.6) is 11.5 Å². The van der Waals surface area contributed by atoms with Crippen molar-refractivity contribution >= 4 is 27.5 Å². The summed E-state index contributed by atoms with van der Waals surface area (Å²) in [6.45, 7) is 0. The first-order chi connectivity index (χ1) is 14.5. The third-order valence-corrected chi connectivity index (χ3v) is 5.31. The minimum atomic E-state index is -0.606. The fourth-order valence-electron chi connectivity index (χ4n) is 3.42. The molecule has 0 aliphatic carbocycles. The van der Waals surface area contributed by atoms with Gasteiger partial charge in [0.15, 0.2) is 21.9 Å². The fraction of sp³-hybridized carbons (Fsp3) is 0.182. The largest absolute Gasteiger partial charge is 0.493 e. The van der Waals surface area contributed by atoms with E-state index in [1.165, 1.54) is 11.1 Å². The SMILES string of the molecule is COc1ccc(C2=NN(C(=O)c3ccc(Br)o3)[C@H](c3ccccc3F)C2)cc1OC. The van der Waals surface area contributed by atoms with Gasteiger partial charge in [0.25, 0.3) is 0 Å². The number of methoxy groups -OCH3 is 2. The monoisotopic (exact) mass is 472 g/mol. The molecule has 3 aromatic rings. The predicted octanol–water partition coefficient (Wildman–Crippen LogP) is 5.19. The first-order valence-corrected chi connectivity index (χ1v) is 9.94. The molecule has 0 bridgehead atoms. The minimum absolute atomic E-state index is 0.112. The Hall–Kier alpha value is -3.13. The van der Waals surface area contributed by atoms with Crippen molar-refractivity contribution in [2.75, 3.05) is 14.2 Å². The first kappa shape index (κ1) is 20.2. The standard InChI is InChI=1S/C22H18BrFN2O4/c1-28-18-8-7-13(11-20(18)29-2)16-12-17(14-5-3-4-6-15(14)24)26(25-16)22(27)19-9-10-21(23)30-19/h3-11,17H,12H2,1-2H3/t17-/m0/s1. The highest BCUT2D eigenvalue weighted by Crippen LogP contribution is 2.37. The maximum absolute atomic E-state index is 14.6. The quantitative estimate of drug-likeness (QED) is 0.512. The Morgan fingerprint density at radius 2 is 1.90 bits per heavy atom. The van der Waals surface area contributed by atoms with Crippen molar-refractivity contribution in [3.8, 4) is 11.5 Å². The lowest BCUT2D eigenvalue weighted by Gasteiger charge is -2.21. The average molecular weight is 473 g/mol. The molecule has 0 saturated heterocycles. The summed E-state index contributed by atoms with van der Waals surface area (Å²) in [5, 5.41) is 5.81. The van der Waals surface area contributed by atoms with E-state index >= 15 is 0 Å². The van der Waals surface area contributed by atoms with Gasteiger partial charge in [0.05, 0.1) is 26.0 Å². The molecule has 6 nitrogen and oxygen atoms in total. The molecule has 30 heavy (non-hydrogen) atoms. The number of amides is 1. The second-order valence-electron chi connectivity index (χ2n) is 6.61. The number of halogens is 2. The summed E-state index contributed by atoms with van der Waals surface area (Å²) < 4.78 is 31.1. The van der Waals surface area contributed by atoms with Crippen LogP contribution in [0.1, 0.15) is 34.1 Å². The van der Waals surface area contributed by atoms with E-state index in [1.54, 1.807) is 56.7 Å². The topological polar surface area (TPSA) is 64.3 Å². The highest BCUT2D eigenvalue weighted by Gasteiger charge is 2.36. The number of carbonyl (C=O) groups is 1. The normalized spacial score (nSPS) is 15.8. The van der Waals surface area contributed by atoms with Gasteiger partial charge in [-0.15, -0.1) is 0 Å². The molecule has 0 fully saturated rings. The summed E-state index contributed by atoms with van der Waals surface area (Å²) in [4.78, 5) is 13.1. The molecule has 0 N–H and O–H groups in total. The zero-order valence-corrected chi connectivity index (χ0v) is 17.8. The summed E-state index contributed by atoms with van der Waals surface area (Å²) in [5.41, 5.74) is 1.77. The summed E-state index contributed by atoms with van der Waals surface area (Å²) >= 11 is 3.20. The van der Waals surface area contributed by atoms with E-state index in [1.807, 2.05) is 6.07 Å². The van der Waals surface area contributed by atoms with E-state index in [0.717, 1.165) is 5.56 Å². The van der Waals surface area contributed by atoms with Gasteiger partial charge >= 0.3 is 5.91 Å². The Morgan fingerprint density at radius 1 is 1.13 bits per heavy atom. The van der Waals surface area contributed by atoms with Gasteiger partial charge in [-0.1, -0.05) is 18.2 Å². The van der Waals surface area contributed by atoms with Crippen LogP contribution in [0, 0.1) is 5.82 Å². The van der Waals surface area contributed by atoms with E-state index in [4.69, 9.17) is 13.9 Å². The van der Waals surface area contributed by atoms with Crippen molar-refractivity contribution in [1.29, 1.82) is 0 Å². The third kappa shape index (κ3) is 3.70. The van der Waals surface area contributed by atoms with Crippen LogP contribution >= 0.6 is 15.9 Å². The van der Waals surface area contributed by atoms with Crippen molar-refractivity contribution in [2.24, 2.45) is 5.10 Å². The molecule has 1 aliphatic heterocycles. The maximum Gasteiger partial charge on any atom is 0.310 e. The number of benzene rings is 2. The molecule has 1 aromatic heterocycles. The molecule has 0 unspecified atom stereocenters. The molecular weight excluding hydrogens is 455 g/mol. The smallest absolute Gasteiger partial charge is 0.310 e. The van der Waals surface area contributed by atoms with Crippen molar-refractivity contribution in [3.63, 3.8) is 0 Å².